The van der Waals surface area contributed by atoms with Gasteiger partial charge in [0.2, 0.25) is 15.9 Å². The van der Waals surface area contributed by atoms with Gasteiger partial charge in [0.15, 0.2) is 0 Å². The molecule has 1 amide bonds. The Morgan fingerprint density at radius 2 is 1.97 bits per heavy atom. The van der Waals surface area contributed by atoms with Gasteiger partial charge in [0.25, 0.3) is 0 Å². The molecule has 172 valence electrons. The van der Waals surface area contributed by atoms with Crippen molar-refractivity contribution in [3.05, 3.63) is 46.4 Å². The molecule has 32 heavy (non-hydrogen) atoms. The molecule has 0 radical (unpaired) electrons. The van der Waals surface area contributed by atoms with E-state index in [2.05, 4.69) is 4.98 Å². The molecule has 1 fully saturated rings. The van der Waals surface area contributed by atoms with E-state index in [9.17, 15) is 13.2 Å². The second kappa shape index (κ2) is 9.72. The molecule has 9 heteroatoms. The quantitative estimate of drug-likeness (QED) is 0.498. The van der Waals surface area contributed by atoms with Crippen molar-refractivity contribution in [1.82, 2.24) is 18.8 Å². The zero-order chi connectivity index (χ0) is 22.7. The molecule has 7 nitrogen and oxygen atoms in total. The lowest BCUT2D eigenvalue weighted by Crippen LogP contribution is -2.35. The largest absolute Gasteiger partial charge is 0.338 e. The molecule has 0 atom stereocenters. The molecule has 4 rings (SSSR count). The molecule has 3 aromatic rings. The van der Waals surface area contributed by atoms with Gasteiger partial charge in [-0.1, -0.05) is 12.5 Å². The van der Waals surface area contributed by atoms with Crippen LogP contribution in [0.1, 0.15) is 43.3 Å². The first-order valence-electron chi connectivity index (χ1n) is 11.2. The van der Waals surface area contributed by atoms with Crippen LogP contribution in [0, 0.1) is 0 Å². The summed E-state index contributed by atoms with van der Waals surface area (Å²) in [5.41, 5.74) is 1.52. The maximum absolute atomic E-state index is 13.0. The smallest absolute Gasteiger partial charge is 0.243 e. The third kappa shape index (κ3) is 4.74. The van der Waals surface area contributed by atoms with Gasteiger partial charge in [0, 0.05) is 44.4 Å². The summed E-state index contributed by atoms with van der Waals surface area (Å²) in [4.78, 5) is 20.8. The fourth-order valence-corrected chi connectivity index (χ4v) is 6.47. The summed E-state index contributed by atoms with van der Waals surface area (Å²) < 4.78 is 29.6. The number of carbonyl (C=O) groups is 1. The number of amides is 1. The van der Waals surface area contributed by atoms with E-state index < -0.39 is 10.0 Å². The van der Waals surface area contributed by atoms with Gasteiger partial charge in [0.1, 0.15) is 5.82 Å². The van der Waals surface area contributed by atoms with E-state index in [1.54, 1.807) is 27.8 Å². The SMILES string of the molecule is CCN(Cc1cccs1)C(=O)CCc1nc2cc(S(=O)(=O)N3CCCCC3)ccc2n1C. The maximum atomic E-state index is 13.0. The highest BCUT2D eigenvalue weighted by atomic mass is 32.2. The minimum Gasteiger partial charge on any atom is -0.338 e. The third-order valence-corrected chi connectivity index (χ3v) is 8.88. The van der Waals surface area contributed by atoms with Gasteiger partial charge in [-0.05, 0) is 49.4 Å². The molecular weight excluding hydrogens is 444 g/mol. The van der Waals surface area contributed by atoms with Gasteiger partial charge >= 0.3 is 0 Å². The zero-order valence-corrected chi connectivity index (χ0v) is 20.3. The van der Waals surface area contributed by atoms with E-state index >= 15 is 0 Å². The van der Waals surface area contributed by atoms with Crippen LogP contribution in [0.2, 0.25) is 0 Å². The summed E-state index contributed by atoms with van der Waals surface area (Å²) in [6.07, 6.45) is 3.78. The van der Waals surface area contributed by atoms with Crippen LogP contribution in [0.5, 0.6) is 0 Å². The van der Waals surface area contributed by atoms with Crippen LogP contribution < -0.4 is 0 Å². The van der Waals surface area contributed by atoms with E-state index in [4.69, 9.17) is 0 Å². The van der Waals surface area contributed by atoms with Crippen LogP contribution in [-0.4, -0.2) is 52.7 Å². The number of hydrogen-bond acceptors (Lipinski definition) is 5. The first-order valence-corrected chi connectivity index (χ1v) is 13.5. The minimum absolute atomic E-state index is 0.0984. The average Bonchev–Trinajstić information content (AvgIpc) is 3.44. The van der Waals surface area contributed by atoms with Gasteiger partial charge in [-0.2, -0.15) is 4.31 Å². The van der Waals surface area contributed by atoms with E-state index in [1.807, 2.05) is 47.0 Å². The van der Waals surface area contributed by atoms with Crippen LogP contribution in [0.15, 0.2) is 40.6 Å². The fraction of sp³-hybridized carbons (Fsp3) is 0.478. The number of imidazole rings is 1. The predicted octanol–water partition coefficient (Wildman–Crippen LogP) is 3.79. The number of hydrogen-bond donors (Lipinski definition) is 0. The number of fused-ring (bicyclic) bond motifs is 1. The number of aryl methyl sites for hydroxylation is 2. The second-order valence-electron chi connectivity index (χ2n) is 8.19. The summed E-state index contributed by atoms with van der Waals surface area (Å²) in [6.45, 7) is 4.44. The summed E-state index contributed by atoms with van der Waals surface area (Å²) in [6, 6.07) is 9.20. The van der Waals surface area contributed by atoms with Crippen LogP contribution in [-0.2, 0) is 34.8 Å². The van der Waals surface area contributed by atoms with Gasteiger partial charge in [-0.15, -0.1) is 11.3 Å². The van der Waals surface area contributed by atoms with Crippen molar-refractivity contribution in [1.29, 1.82) is 0 Å². The average molecular weight is 475 g/mol. The lowest BCUT2D eigenvalue weighted by Gasteiger charge is -2.25. The molecule has 0 unspecified atom stereocenters. The molecular formula is C23H30N4O3S2. The first kappa shape index (κ1) is 22.9. The normalized spacial score (nSPS) is 15.3. The Balaban J connectivity index is 1.49. The minimum atomic E-state index is -3.50. The third-order valence-electron chi connectivity index (χ3n) is 6.12. The van der Waals surface area contributed by atoms with E-state index in [0.717, 1.165) is 30.6 Å². The Kier molecular flexibility index (Phi) is 6.97. The molecule has 0 spiro atoms. The Labute approximate surface area is 193 Å². The number of aromatic nitrogens is 2. The van der Waals surface area contributed by atoms with Gasteiger partial charge < -0.3 is 9.47 Å². The fourth-order valence-electron chi connectivity index (χ4n) is 4.21. The van der Waals surface area contributed by atoms with E-state index in [1.165, 1.54) is 4.88 Å². The predicted molar refractivity (Wildman–Crippen MR) is 127 cm³/mol. The highest BCUT2D eigenvalue weighted by Gasteiger charge is 2.26. The van der Waals surface area contributed by atoms with E-state index in [-0.39, 0.29) is 5.91 Å². The molecule has 1 aromatic carbocycles. The van der Waals surface area contributed by atoms with Crippen molar-refractivity contribution in [3.63, 3.8) is 0 Å². The standard InChI is InChI=1S/C23H30N4O3S2/c1-3-26(17-18-8-7-15-31-18)23(28)12-11-22-24-20-16-19(9-10-21(20)25(22)2)32(29,30)27-13-5-4-6-14-27/h7-10,15-16H,3-6,11-14,17H2,1-2H3. The number of rotatable bonds is 8. The first-order chi connectivity index (χ1) is 15.4. The lowest BCUT2D eigenvalue weighted by molar-refractivity contribution is -0.131. The summed E-state index contributed by atoms with van der Waals surface area (Å²) in [7, 11) is -1.58. The van der Waals surface area contributed by atoms with Crippen LogP contribution in [0.25, 0.3) is 11.0 Å². The molecule has 0 bridgehead atoms. The molecule has 0 saturated carbocycles. The van der Waals surface area contributed by atoms with Crippen molar-refractivity contribution in [3.8, 4) is 0 Å². The van der Waals surface area contributed by atoms with Gasteiger partial charge in [0.05, 0.1) is 22.5 Å². The van der Waals surface area contributed by atoms with Crippen molar-refractivity contribution >= 4 is 38.3 Å². The highest BCUT2D eigenvalue weighted by molar-refractivity contribution is 7.89. The molecule has 1 aliphatic heterocycles. The lowest BCUT2D eigenvalue weighted by atomic mass is 10.2. The van der Waals surface area contributed by atoms with Crippen LogP contribution >= 0.6 is 11.3 Å². The zero-order valence-electron chi connectivity index (χ0n) is 18.7. The van der Waals surface area contributed by atoms with Gasteiger partial charge in [-0.3, -0.25) is 4.79 Å². The number of benzene rings is 1. The molecule has 1 saturated heterocycles. The summed E-state index contributed by atoms with van der Waals surface area (Å²) in [5.74, 6) is 0.884. The molecule has 0 aliphatic carbocycles. The Morgan fingerprint density at radius 1 is 1.19 bits per heavy atom. The molecule has 3 heterocycles. The summed E-state index contributed by atoms with van der Waals surface area (Å²) in [5, 5.41) is 2.02. The number of thiophene rings is 1. The molecule has 0 N–H and O–H groups in total. The maximum Gasteiger partial charge on any atom is 0.243 e. The van der Waals surface area contributed by atoms with Crippen molar-refractivity contribution in [2.24, 2.45) is 7.05 Å². The molecule has 1 aliphatic rings. The van der Waals surface area contributed by atoms with Gasteiger partial charge in [-0.25, -0.2) is 13.4 Å². The number of sulfonamides is 1. The van der Waals surface area contributed by atoms with Crippen molar-refractivity contribution < 1.29 is 13.2 Å². The Morgan fingerprint density at radius 3 is 2.66 bits per heavy atom. The number of piperidine rings is 1. The van der Waals surface area contributed by atoms with Crippen molar-refractivity contribution in [2.75, 3.05) is 19.6 Å². The van der Waals surface area contributed by atoms with Crippen LogP contribution in [0.4, 0.5) is 0 Å². The Hall–Kier alpha value is -2.23. The van der Waals surface area contributed by atoms with E-state index in [0.29, 0.717) is 49.4 Å². The topological polar surface area (TPSA) is 75.5 Å². The molecule has 2 aromatic heterocycles. The van der Waals surface area contributed by atoms with Crippen molar-refractivity contribution in [2.45, 2.75) is 50.5 Å². The summed E-state index contributed by atoms with van der Waals surface area (Å²) >= 11 is 1.65. The van der Waals surface area contributed by atoms with Crippen LogP contribution in [0.3, 0.4) is 0 Å². The Bertz CT molecular complexity index is 1180. The number of nitrogens with zero attached hydrogens (tertiary/aromatic N) is 4. The highest BCUT2D eigenvalue weighted by Crippen LogP contribution is 2.25. The monoisotopic (exact) mass is 474 g/mol. The second-order valence-corrected chi connectivity index (χ2v) is 11.2. The number of carbonyl (C=O) groups excluding carboxylic acids is 1.